The van der Waals surface area contributed by atoms with Crippen molar-refractivity contribution in [3.8, 4) is 0 Å². The Hall–Kier alpha value is -2.28. The molecule has 8 heteroatoms. The van der Waals surface area contributed by atoms with Gasteiger partial charge in [-0.3, -0.25) is 9.59 Å². The lowest BCUT2D eigenvalue weighted by molar-refractivity contribution is -0.137. The Labute approximate surface area is 113 Å². The number of carboxylic acid groups (broad SMARTS) is 1. The molecule has 4 N–H and O–H groups in total. The van der Waals surface area contributed by atoms with Crippen LogP contribution in [0.4, 0.5) is 10.5 Å². The smallest absolute Gasteiger partial charge is 0.323 e. The zero-order valence-corrected chi connectivity index (χ0v) is 10.6. The minimum absolute atomic E-state index is 0.425. The van der Waals surface area contributed by atoms with Crippen molar-refractivity contribution in [2.75, 3.05) is 18.4 Å². The fraction of sp³-hybridized carbons (Fsp3) is 0.182. The summed E-state index contributed by atoms with van der Waals surface area (Å²) in [6.07, 6.45) is 0. The number of nitrogens with two attached hydrogens (primary N) is 1. The van der Waals surface area contributed by atoms with Crippen LogP contribution in [0.1, 0.15) is 0 Å². The molecule has 0 bridgehead atoms. The molecule has 3 amide bonds. The molecule has 0 heterocycles. The quantitative estimate of drug-likeness (QED) is 0.740. The van der Waals surface area contributed by atoms with Gasteiger partial charge in [0.1, 0.15) is 13.1 Å². The number of rotatable bonds is 5. The molecule has 0 aromatic heterocycles. The van der Waals surface area contributed by atoms with E-state index in [1.54, 1.807) is 24.3 Å². The van der Waals surface area contributed by atoms with Crippen LogP contribution >= 0.6 is 11.6 Å². The van der Waals surface area contributed by atoms with Gasteiger partial charge in [0.25, 0.3) is 0 Å². The van der Waals surface area contributed by atoms with Gasteiger partial charge >= 0.3 is 12.0 Å². The van der Waals surface area contributed by atoms with Crippen molar-refractivity contribution in [2.24, 2.45) is 5.73 Å². The highest BCUT2D eigenvalue weighted by atomic mass is 35.5. The van der Waals surface area contributed by atoms with E-state index < -0.39 is 31.0 Å². The van der Waals surface area contributed by atoms with E-state index in [1.807, 2.05) is 0 Å². The van der Waals surface area contributed by atoms with Gasteiger partial charge in [-0.25, -0.2) is 4.79 Å². The van der Waals surface area contributed by atoms with Crippen LogP contribution in [0.5, 0.6) is 0 Å². The van der Waals surface area contributed by atoms with Gasteiger partial charge in [0, 0.05) is 10.7 Å². The summed E-state index contributed by atoms with van der Waals surface area (Å²) < 4.78 is 0. The molecule has 1 aromatic carbocycles. The minimum Gasteiger partial charge on any atom is -0.480 e. The van der Waals surface area contributed by atoms with E-state index in [2.05, 4.69) is 5.32 Å². The van der Waals surface area contributed by atoms with Gasteiger partial charge in [-0.1, -0.05) is 11.6 Å². The second-order valence-electron chi connectivity index (χ2n) is 3.65. The SMILES string of the molecule is NC(=O)CN(CC(=O)O)C(=O)Nc1ccc(Cl)cc1. The lowest BCUT2D eigenvalue weighted by Gasteiger charge is -2.19. The molecule has 1 rings (SSSR count). The number of anilines is 1. The number of hydrogen-bond donors (Lipinski definition) is 3. The molecule has 0 radical (unpaired) electrons. The molecule has 19 heavy (non-hydrogen) atoms. The highest BCUT2D eigenvalue weighted by molar-refractivity contribution is 6.30. The third kappa shape index (κ3) is 5.26. The lowest BCUT2D eigenvalue weighted by Crippen LogP contribution is -2.43. The van der Waals surface area contributed by atoms with Crippen LogP contribution in [0.2, 0.25) is 5.02 Å². The van der Waals surface area contributed by atoms with Crippen molar-refractivity contribution in [1.29, 1.82) is 0 Å². The van der Waals surface area contributed by atoms with Crippen molar-refractivity contribution in [2.45, 2.75) is 0 Å². The molecule has 0 aliphatic carbocycles. The van der Waals surface area contributed by atoms with E-state index in [4.69, 9.17) is 22.4 Å². The second-order valence-corrected chi connectivity index (χ2v) is 4.09. The maximum absolute atomic E-state index is 11.8. The van der Waals surface area contributed by atoms with E-state index in [0.717, 1.165) is 4.90 Å². The third-order valence-corrected chi connectivity index (χ3v) is 2.31. The van der Waals surface area contributed by atoms with Crippen LogP contribution < -0.4 is 11.1 Å². The second kappa shape index (κ2) is 6.60. The zero-order valence-electron chi connectivity index (χ0n) is 9.80. The van der Waals surface area contributed by atoms with Crippen LogP contribution in [0, 0.1) is 0 Å². The molecular formula is C11H12ClN3O4. The molecule has 0 spiro atoms. The fourth-order valence-electron chi connectivity index (χ4n) is 1.29. The van der Waals surface area contributed by atoms with Gasteiger partial charge in [0.05, 0.1) is 0 Å². The first kappa shape index (κ1) is 14.8. The van der Waals surface area contributed by atoms with Gasteiger partial charge in [-0.2, -0.15) is 0 Å². The number of benzene rings is 1. The van der Waals surface area contributed by atoms with E-state index >= 15 is 0 Å². The lowest BCUT2D eigenvalue weighted by atomic mass is 10.3. The number of carbonyl (C=O) groups is 3. The van der Waals surface area contributed by atoms with Crippen LogP contribution in [0.15, 0.2) is 24.3 Å². The van der Waals surface area contributed by atoms with Crippen LogP contribution in [0.25, 0.3) is 0 Å². The summed E-state index contributed by atoms with van der Waals surface area (Å²) in [5, 5.41) is 11.6. The summed E-state index contributed by atoms with van der Waals surface area (Å²) >= 11 is 5.69. The fourth-order valence-corrected chi connectivity index (χ4v) is 1.41. The Morgan fingerprint density at radius 1 is 1.21 bits per heavy atom. The molecule has 7 nitrogen and oxygen atoms in total. The molecule has 102 valence electrons. The molecular weight excluding hydrogens is 274 g/mol. The van der Waals surface area contributed by atoms with Crippen LogP contribution in [-0.4, -0.2) is 41.0 Å². The Bertz CT molecular complexity index is 473. The molecule has 0 fully saturated rings. The van der Waals surface area contributed by atoms with Crippen molar-refractivity contribution >= 4 is 35.2 Å². The summed E-state index contributed by atoms with van der Waals surface area (Å²) in [6, 6.07) is 5.48. The first-order chi connectivity index (χ1) is 8.88. The van der Waals surface area contributed by atoms with Gasteiger partial charge in [0.2, 0.25) is 5.91 Å². The Balaban J connectivity index is 2.73. The Morgan fingerprint density at radius 2 is 1.79 bits per heavy atom. The summed E-state index contributed by atoms with van der Waals surface area (Å²) in [4.78, 5) is 34.0. The van der Waals surface area contributed by atoms with Crippen LogP contribution in [0.3, 0.4) is 0 Å². The summed E-state index contributed by atoms with van der Waals surface area (Å²) in [6.45, 7) is -1.10. The molecule has 0 unspecified atom stereocenters. The molecule has 0 aliphatic heterocycles. The number of urea groups is 1. The van der Waals surface area contributed by atoms with E-state index in [0.29, 0.717) is 10.7 Å². The average molecular weight is 286 g/mol. The molecule has 0 aliphatic rings. The maximum Gasteiger partial charge on any atom is 0.323 e. The molecule has 0 saturated carbocycles. The highest BCUT2D eigenvalue weighted by Crippen LogP contribution is 2.13. The average Bonchev–Trinajstić information content (AvgIpc) is 2.30. The first-order valence-electron chi connectivity index (χ1n) is 5.20. The third-order valence-electron chi connectivity index (χ3n) is 2.06. The minimum atomic E-state index is -1.24. The Morgan fingerprint density at radius 3 is 2.26 bits per heavy atom. The highest BCUT2D eigenvalue weighted by Gasteiger charge is 2.18. The Kier molecular flexibility index (Phi) is 5.13. The number of amides is 3. The van der Waals surface area contributed by atoms with Gasteiger partial charge in [0.15, 0.2) is 0 Å². The predicted octanol–water partition coefficient (Wildman–Crippen LogP) is 0.744. The predicted molar refractivity (Wildman–Crippen MR) is 68.9 cm³/mol. The van der Waals surface area contributed by atoms with E-state index in [1.165, 1.54) is 0 Å². The summed E-state index contributed by atoms with van der Waals surface area (Å²) in [5.74, 6) is -2.04. The van der Waals surface area contributed by atoms with Gasteiger partial charge in [-0.15, -0.1) is 0 Å². The first-order valence-corrected chi connectivity index (χ1v) is 5.58. The van der Waals surface area contributed by atoms with Gasteiger partial charge < -0.3 is 21.1 Å². The molecule has 1 aromatic rings. The standard InChI is InChI=1S/C11H12ClN3O4/c12-7-1-3-8(4-2-7)14-11(19)15(5-9(13)16)6-10(17)18/h1-4H,5-6H2,(H2,13,16)(H,14,19)(H,17,18). The topological polar surface area (TPSA) is 113 Å². The van der Waals surface area contributed by atoms with Crippen molar-refractivity contribution in [3.63, 3.8) is 0 Å². The van der Waals surface area contributed by atoms with Crippen molar-refractivity contribution in [3.05, 3.63) is 29.3 Å². The summed E-state index contributed by atoms with van der Waals surface area (Å²) in [7, 11) is 0. The number of carbonyl (C=O) groups excluding carboxylic acids is 2. The molecule has 0 atom stereocenters. The number of nitrogens with zero attached hydrogens (tertiary/aromatic N) is 1. The number of nitrogens with one attached hydrogen (secondary N) is 1. The monoisotopic (exact) mass is 285 g/mol. The number of carboxylic acids is 1. The van der Waals surface area contributed by atoms with E-state index in [9.17, 15) is 14.4 Å². The number of primary amides is 1. The maximum atomic E-state index is 11.8. The van der Waals surface area contributed by atoms with Crippen LogP contribution in [-0.2, 0) is 9.59 Å². The van der Waals surface area contributed by atoms with Crippen molar-refractivity contribution in [1.82, 2.24) is 4.90 Å². The normalized spacial score (nSPS) is 9.74. The van der Waals surface area contributed by atoms with Crippen molar-refractivity contribution < 1.29 is 19.5 Å². The number of hydrogen-bond acceptors (Lipinski definition) is 3. The number of halogens is 1. The molecule has 0 saturated heterocycles. The summed E-state index contributed by atoms with van der Waals surface area (Å²) in [5.41, 5.74) is 5.37. The van der Waals surface area contributed by atoms with Gasteiger partial charge in [-0.05, 0) is 24.3 Å². The number of aliphatic carboxylic acids is 1. The zero-order chi connectivity index (χ0) is 14.4. The largest absolute Gasteiger partial charge is 0.480 e. The van der Waals surface area contributed by atoms with E-state index in [-0.39, 0.29) is 0 Å².